The molecule has 0 aromatic heterocycles. The maximum absolute atomic E-state index is 13.2. The Hall–Kier alpha value is -1.68. The molecule has 1 aromatic rings. The standard InChI is InChI=1S/C18H21ClFNO6S/c1-2-7-25-17(22)13-11-18(26-8-9-27-18)6-5-16(13)28(23,24)21-15-4-3-12(20)10-14(15)19/h3-4,10-11,16,21H,2,5-9H2,1H3. The summed E-state index contributed by atoms with van der Waals surface area (Å²) in [6, 6.07) is 3.31. The molecule has 1 heterocycles. The second kappa shape index (κ2) is 8.36. The fourth-order valence-electron chi connectivity index (χ4n) is 3.18. The van der Waals surface area contributed by atoms with E-state index in [0.717, 1.165) is 12.1 Å². The van der Waals surface area contributed by atoms with Gasteiger partial charge in [-0.3, -0.25) is 4.72 Å². The van der Waals surface area contributed by atoms with Crippen molar-refractivity contribution in [3.05, 3.63) is 40.7 Å². The second-order valence-corrected chi connectivity index (χ2v) is 8.81. The van der Waals surface area contributed by atoms with E-state index in [2.05, 4.69) is 4.72 Å². The number of anilines is 1. The van der Waals surface area contributed by atoms with Gasteiger partial charge in [-0.05, 0) is 37.1 Å². The number of halogens is 2. The fraction of sp³-hybridized carbons (Fsp3) is 0.500. The molecule has 1 unspecified atom stereocenters. The molecule has 1 fully saturated rings. The Bertz CT molecular complexity index is 882. The number of esters is 1. The highest BCUT2D eigenvalue weighted by atomic mass is 35.5. The van der Waals surface area contributed by atoms with Crippen LogP contribution in [0.15, 0.2) is 29.8 Å². The summed E-state index contributed by atoms with van der Waals surface area (Å²) in [6.45, 7) is 2.71. The van der Waals surface area contributed by atoms with Crippen molar-refractivity contribution >= 4 is 33.3 Å². The minimum atomic E-state index is -4.07. The number of hydrogen-bond acceptors (Lipinski definition) is 6. The van der Waals surface area contributed by atoms with Gasteiger partial charge in [-0.2, -0.15) is 0 Å². The summed E-state index contributed by atoms with van der Waals surface area (Å²) in [7, 11) is -4.07. The number of carbonyl (C=O) groups excluding carboxylic acids is 1. The van der Waals surface area contributed by atoms with Gasteiger partial charge < -0.3 is 14.2 Å². The maximum atomic E-state index is 13.2. The minimum absolute atomic E-state index is 0.0259. The molecule has 0 bridgehead atoms. The Morgan fingerprint density at radius 2 is 2.11 bits per heavy atom. The molecule has 3 rings (SSSR count). The van der Waals surface area contributed by atoms with Crippen molar-refractivity contribution in [3.8, 4) is 0 Å². The van der Waals surface area contributed by atoms with Gasteiger partial charge in [0.2, 0.25) is 10.0 Å². The number of nitrogens with one attached hydrogen (secondary N) is 1. The molecule has 154 valence electrons. The van der Waals surface area contributed by atoms with Crippen LogP contribution in [0.2, 0.25) is 5.02 Å². The summed E-state index contributed by atoms with van der Waals surface area (Å²) in [5.41, 5.74) is -0.0228. The molecule has 1 aliphatic carbocycles. The zero-order chi connectivity index (χ0) is 20.4. The lowest BCUT2D eigenvalue weighted by Crippen LogP contribution is -2.42. The Morgan fingerprint density at radius 1 is 1.39 bits per heavy atom. The third kappa shape index (κ3) is 4.48. The van der Waals surface area contributed by atoms with E-state index in [1.807, 2.05) is 6.92 Å². The SMILES string of the molecule is CCCOC(=O)C1=CC2(CCC1S(=O)(=O)Nc1ccc(F)cc1Cl)OCCO2. The molecule has 1 aliphatic heterocycles. The van der Waals surface area contributed by atoms with Gasteiger partial charge in [0.1, 0.15) is 11.1 Å². The molecular weight excluding hydrogens is 413 g/mol. The van der Waals surface area contributed by atoms with E-state index in [1.54, 1.807) is 0 Å². The lowest BCUT2D eigenvalue weighted by molar-refractivity contribution is -0.143. The van der Waals surface area contributed by atoms with Crippen molar-refractivity contribution in [2.45, 2.75) is 37.2 Å². The van der Waals surface area contributed by atoms with Crippen LogP contribution in [-0.4, -0.2) is 45.2 Å². The van der Waals surface area contributed by atoms with E-state index >= 15 is 0 Å². The Morgan fingerprint density at radius 3 is 2.75 bits per heavy atom. The van der Waals surface area contributed by atoms with Gasteiger partial charge in [0.15, 0.2) is 5.79 Å². The highest BCUT2D eigenvalue weighted by molar-refractivity contribution is 7.93. The molecule has 7 nitrogen and oxygen atoms in total. The molecular formula is C18H21ClFNO6S. The molecule has 0 amide bonds. The minimum Gasteiger partial charge on any atom is -0.462 e. The summed E-state index contributed by atoms with van der Waals surface area (Å²) in [5.74, 6) is -2.44. The van der Waals surface area contributed by atoms with Crippen molar-refractivity contribution in [3.63, 3.8) is 0 Å². The second-order valence-electron chi connectivity index (χ2n) is 6.54. The predicted octanol–water partition coefficient (Wildman–Crippen LogP) is 3.01. The molecule has 1 aromatic carbocycles. The van der Waals surface area contributed by atoms with Crippen LogP contribution >= 0.6 is 11.6 Å². The highest BCUT2D eigenvalue weighted by Crippen LogP contribution is 2.38. The Balaban J connectivity index is 1.91. The summed E-state index contributed by atoms with van der Waals surface area (Å²) in [5, 5.41) is -1.27. The molecule has 1 atom stereocenters. The summed E-state index contributed by atoms with van der Waals surface area (Å²) in [6.07, 6.45) is 2.34. The van der Waals surface area contributed by atoms with E-state index in [1.165, 1.54) is 12.1 Å². The van der Waals surface area contributed by atoms with Gasteiger partial charge in [0, 0.05) is 6.42 Å². The van der Waals surface area contributed by atoms with Crippen molar-refractivity contribution in [1.82, 2.24) is 0 Å². The van der Waals surface area contributed by atoms with Crippen LogP contribution in [0.3, 0.4) is 0 Å². The first-order valence-electron chi connectivity index (χ1n) is 8.91. The van der Waals surface area contributed by atoms with Crippen molar-refractivity contribution < 1.29 is 31.8 Å². The van der Waals surface area contributed by atoms with Crippen molar-refractivity contribution in [2.24, 2.45) is 0 Å². The third-order valence-corrected chi connectivity index (χ3v) is 6.54. The van der Waals surface area contributed by atoms with E-state index in [4.69, 9.17) is 25.8 Å². The molecule has 2 aliphatic rings. The molecule has 1 N–H and O–H groups in total. The van der Waals surface area contributed by atoms with Gasteiger partial charge in [-0.15, -0.1) is 0 Å². The normalized spacial score (nSPS) is 21.4. The molecule has 1 spiro atoms. The van der Waals surface area contributed by atoms with Gasteiger partial charge >= 0.3 is 5.97 Å². The number of carbonyl (C=O) groups is 1. The van der Waals surface area contributed by atoms with Gasteiger partial charge in [0.25, 0.3) is 0 Å². The highest BCUT2D eigenvalue weighted by Gasteiger charge is 2.46. The van der Waals surface area contributed by atoms with Gasteiger partial charge in [-0.1, -0.05) is 18.5 Å². The quantitative estimate of drug-likeness (QED) is 0.693. The Kier molecular flexibility index (Phi) is 6.28. The van der Waals surface area contributed by atoms with E-state index < -0.39 is 32.8 Å². The number of benzene rings is 1. The van der Waals surface area contributed by atoms with Gasteiger partial charge in [-0.25, -0.2) is 17.6 Å². The van der Waals surface area contributed by atoms with Crippen molar-refractivity contribution in [2.75, 3.05) is 24.5 Å². The first-order valence-corrected chi connectivity index (χ1v) is 10.8. The first kappa shape index (κ1) is 21.0. The molecule has 10 heteroatoms. The van der Waals surface area contributed by atoms with Gasteiger partial charge in [0.05, 0.1) is 36.1 Å². The summed E-state index contributed by atoms with van der Waals surface area (Å²) in [4.78, 5) is 12.5. The van der Waals surface area contributed by atoms with Crippen LogP contribution in [0.5, 0.6) is 0 Å². The average Bonchev–Trinajstić information content (AvgIpc) is 3.09. The topological polar surface area (TPSA) is 90.9 Å². The maximum Gasteiger partial charge on any atom is 0.335 e. The lowest BCUT2D eigenvalue weighted by Gasteiger charge is -2.33. The summed E-state index contributed by atoms with van der Waals surface area (Å²) >= 11 is 5.93. The average molecular weight is 434 g/mol. The fourth-order valence-corrected chi connectivity index (χ4v) is 5.00. The van der Waals surface area contributed by atoms with Crippen LogP contribution in [0, 0.1) is 5.82 Å². The molecule has 28 heavy (non-hydrogen) atoms. The van der Waals surface area contributed by atoms with Crippen LogP contribution in [0.4, 0.5) is 10.1 Å². The van der Waals surface area contributed by atoms with Crippen LogP contribution < -0.4 is 4.72 Å². The van der Waals surface area contributed by atoms with Crippen LogP contribution in [0.25, 0.3) is 0 Å². The number of rotatable bonds is 6. The van der Waals surface area contributed by atoms with E-state index in [9.17, 15) is 17.6 Å². The number of hydrogen-bond donors (Lipinski definition) is 1. The van der Waals surface area contributed by atoms with Crippen molar-refractivity contribution in [1.29, 1.82) is 0 Å². The summed E-state index contributed by atoms with van der Waals surface area (Å²) < 4.78 is 57.9. The zero-order valence-electron chi connectivity index (χ0n) is 15.2. The first-order chi connectivity index (χ1) is 13.3. The molecule has 0 saturated carbocycles. The van der Waals surface area contributed by atoms with Crippen LogP contribution in [-0.2, 0) is 29.0 Å². The lowest BCUT2D eigenvalue weighted by atomic mass is 9.94. The predicted molar refractivity (Wildman–Crippen MR) is 101 cm³/mol. The Labute approximate surface area is 167 Å². The third-order valence-electron chi connectivity index (χ3n) is 4.48. The smallest absolute Gasteiger partial charge is 0.335 e. The number of ether oxygens (including phenoxy) is 3. The molecule has 0 radical (unpaired) electrons. The molecule has 1 saturated heterocycles. The van der Waals surface area contributed by atoms with E-state index in [0.29, 0.717) is 19.6 Å². The largest absolute Gasteiger partial charge is 0.462 e. The van der Waals surface area contributed by atoms with E-state index in [-0.39, 0.29) is 35.7 Å². The number of sulfonamides is 1. The monoisotopic (exact) mass is 433 g/mol. The zero-order valence-corrected chi connectivity index (χ0v) is 16.8. The van der Waals surface area contributed by atoms with Crippen LogP contribution in [0.1, 0.15) is 26.2 Å².